The van der Waals surface area contributed by atoms with Crippen LogP contribution in [0.4, 0.5) is 5.82 Å². The number of anilines is 1. The number of rotatable bonds is 5. The second-order valence-electron chi connectivity index (χ2n) is 6.78. The first kappa shape index (κ1) is 15.1. The number of pyridine rings is 1. The zero-order valence-corrected chi connectivity index (χ0v) is 13.9. The molecule has 0 bridgehead atoms. The lowest BCUT2D eigenvalue weighted by Gasteiger charge is -2.34. The Labute approximate surface area is 133 Å². The Morgan fingerprint density at radius 2 is 1.90 bits per heavy atom. The van der Waals surface area contributed by atoms with Crippen LogP contribution in [0.15, 0.2) is 12.1 Å². The van der Waals surface area contributed by atoms with E-state index in [0.717, 1.165) is 29.0 Å². The molecule has 0 atom stereocenters. The monoisotopic (exact) mass is 307 g/mol. The van der Waals surface area contributed by atoms with E-state index in [1.54, 1.807) is 0 Å². The standard InChI is InChI=1S/C17H26ClN3/c1-12-3-7-14(8-4-12)21(2)17-10-9-15(18)16(20-17)11-19-13-5-6-13/h9-10,12-14,19H,3-8,11H2,1-2H3. The fraction of sp³-hybridized carbons (Fsp3) is 0.706. The van der Waals surface area contributed by atoms with E-state index in [2.05, 4.69) is 30.3 Å². The van der Waals surface area contributed by atoms with Gasteiger partial charge in [0.1, 0.15) is 5.82 Å². The summed E-state index contributed by atoms with van der Waals surface area (Å²) < 4.78 is 0. The first-order chi connectivity index (χ1) is 10.1. The maximum Gasteiger partial charge on any atom is 0.128 e. The second kappa shape index (κ2) is 6.53. The molecule has 2 aliphatic carbocycles. The van der Waals surface area contributed by atoms with Gasteiger partial charge in [0.05, 0.1) is 10.7 Å². The molecular formula is C17H26ClN3. The van der Waals surface area contributed by atoms with Crippen molar-refractivity contribution in [3.63, 3.8) is 0 Å². The van der Waals surface area contributed by atoms with Gasteiger partial charge in [-0.1, -0.05) is 18.5 Å². The van der Waals surface area contributed by atoms with Gasteiger partial charge in [0.2, 0.25) is 0 Å². The highest BCUT2D eigenvalue weighted by molar-refractivity contribution is 6.31. The van der Waals surface area contributed by atoms with Gasteiger partial charge in [-0.05, 0) is 56.6 Å². The molecule has 4 heteroatoms. The van der Waals surface area contributed by atoms with Gasteiger partial charge in [0.25, 0.3) is 0 Å². The summed E-state index contributed by atoms with van der Waals surface area (Å²) in [5.41, 5.74) is 0.983. The number of halogens is 1. The van der Waals surface area contributed by atoms with Crippen LogP contribution in [-0.4, -0.2) is 24.1 Å². The van der Waals surface area contributed by atoms with E-state index in [0.29, 0.717) is 12.1 Å². The van der Waals surface area contributed by atoms with Gasteiger partial charge in [-0.3, -0.25) is 0 Å². The Morgan fingerprint density at radius 3 is 2.57 bits per heavy atom. The van der Waals surface area contributed by atoms with Gasteiger partial charge in [-0.15, -0.1) is 0 Å². The van der Waals surface area contributed by atoms with E-state index < -0.39 is 0 Å². The molecule has 1 N–H and O–H groups in total. The van der Waals surface area contributed by atoms with Gasteiger partial charge in [-0.25, -0.2) is 4.98 Å². The predicted octanol–water partition coefficient (Wildman–Crippen LogP) is 4.00. The molecule has 2 aliphatic rings. The SMILES string of the molecule is CC1CCC(N(C)c2ccc(Cl)c(CNC3CC3)n2)CC1. The van der Waals surface area contributed by atoms with Crippen molar-refractivity contribution in [2.75, 3.05) is 11.9 Å². The third-order valence-corrected chi connectivity index (χ3v) is 5.28. The van der Waals surface area contributed by atoms with Crippen LogP contribution < -0.4 is 10.2 Å². The minimum atomic E-state index is 0.624. The van der Waals surface area contributed by atoms with Gasteiger partial charge >= 0.3 is 0 Å². The Morgan fingerprint density at radius 1 is 1.19 bits per heavy atom. The molecule has 0 saturated heterocycles. The summed E-state index contributed by atoms with van der Waals surface area (Å²) in [6, 6.07) is 5.36. The van der Waals surface area contributed by atoms with Gasteiger partial charge in [0.15, 0.2) is 0 Å². The molecule has 21 heavy (non-hydrogen) atoms. The molecule has 2 saturated carbocycles. The lowest BCUT2D eigenvalue weighted by molar-refractivity contribution is 0.340. The van der Waals surface area contributed by atoms with Crippen LogP contribution in [-0.2, 0) is 6.54 Å². The van der Waals surface area contributed by atoms with Crippen molar-refractivity contribution in [3.05, 3.63) is 22.8 Å². The normalized spacial score (nSPS) is 25.9. The van der Waals surface area contributed by atoms with E-state index in [1.165, 1.54) is 38.5 Å². The molecule has 0 aromatic carbocycles. The Kier molecular flexibility index (Phi) is 4.70. The third kappa shape index (κ3) is 3.89. The summed E-state index contributed by atoms with van der Waals surface area (Å²) in [4.78, 5) is 7.15. The number of hydrogen-bond donors (Lipinski definition) is 1. The minimum absolute atomic E-state index is 0.624. The van der Waals surface area contributed by atoms with E-state index in [-0.39, 0.29) is 0 Å². The summed E-state index contributed by atoms with van der Waals surface area (Å²) in [6.45, 7) is 3.14. The van der Waals surface area contributed by atoms with Crippen LogP contribution in [0.2, 0.25) is 5.02 Å². The Hall–Kier alpha value is -0.800. The number of aromatic nitrogens is 1. The van der Waals surface area contributed by atoms with Gasteiger partial charge < -0.3 is 10.2 Å². The van der Waals surface area contributed by atoms with Crippen LogP contribution in [0.5, 0.6) is 0 Å². The van der Waals surface area contributed by atoms with Gasteiger partial charge in [-0.2, -0.15) is 0 Å². The molecule has 0 aliphatic heterocycles. The molecule has 3 rings (SSSR count). The van der Waals surface area contributed by atoms with Crippen molar-refractivity contribution in [2.24, 2.45) is 5.92 Å². The molecule has 0 amide bonds. The van der Waals surface area contributed by atoms with Crippen molar-refractivity contribution < 1.29 is 0 Å². The van der Waals surface area contributed by atoms with Crippen LogP contribution in [0.25, 0.3) is 0 Å². The number of nitrogens with zero attached hydrogens (tertiary/aromatic N) is 2. The topological polar surface area (TPSA) is 28.2 Å². The van der Waals surface area contributed by atoms with Crippen LogP contribution in [0, 0.1) is 5.92 Å². The van der Waals surface area contributed by atoms with E-state index >= 15 is 0 Å². The van der Waals surface area contributed by atoms with E-state index in [9.17, 15) is 0 Å². The largest absolute Gasteiger partial charge is 0.357 e. The fourth-order valence-electron chi connectivity index (χ4n) is 3.14. The van der Waals surface area contributed by atoms with Gasteiger partial charge in [0, 0.05) is 25.7 Å². The van der Waals surface area contributed by atoms with Crippen molar-refractivity contribution >= 4 is 17.4 Å². The van der Waals surface area contributed by atoms with E-state index in [4.69, 9.17) is 16.6 Å². The van der Waals surface area contributed by atoms with Crippen molar-refractivity contribution in [1.82, 2.24) is 10.3 Å². The summed E-state index contributed by atoms with van der Waals surface area (Å²) in [5.74, 6) is 1.94. The summed E-state index contributed by atoms with van der Waals surface area (Å²) in [6.07, 6.45) is 7.79. The van der Waals surface area contributed by atoms with Crippen molar-refractivity contribution in [2.45, 2.75) is 64.1 Å². The van der Waals surface area contributed by atoms with Crippen LogP contribution >= 0.6 is 11.6 Å². The maximum atomic E-state index is 6.29. The Bertz CT molecular complexity index is 479. The average Bonchev–Trinajstić information content (AvgIpc) is 3.31. The zero-order valence-electron chi connectivity index (χ0n) is 13.1. The first-order valence-corrected chi connectivity index (χ1v) is 8.63. The van der Waals surface area contributed by atoms with Crippen molar-refractivity contribution in [1.29, 1.82) is 0 Å². The second-order valence-corrected chi connectivity index (χ2v) is 7.18. The highest BCUT2D eigenvalue weighted by atomic mass is 35.5. The first-order valence-electron chi connectivity index (χ1n) is 8.25. The maximum absolute atomic E-state index is 6.29. The number of hydrogen-bond acceptors (Lipinski definition) is 3. The summed E-state index contributed by atoms with van der Waals surface area (Å²) in [5, 5.41) is 4.28. The molecule has 0 unspecified atom stereocenters. The molecule has 116 valence electrons. The molecule has 3 nitrogen and oxygen atoms in total. The fourth-order valence-corrected chi connectivity index (χ4v) is 3.31. The summed E-state index contributed by atoms with van der Waals surface area (Å²) in [7, 11) is 2.18. The molecule has 2 fully saturated rings. The predicted molar refractivity (Wildman–Crippen MR) is 88.9 cm³/mol. The molecule has 0 radical (unpaired) electrons. The quantitative estimate of drug-likeness (QED) is 0.891. The minimum Gasteiger partial charge on any atom is -0.357 e. The van der Waals surface area contributed by atoms with Crippen LogP contribution in [0.3, 0.4) is 0 Å². The molecule has 1 heterocycles. The molecule has 1 aromatic heterocycles. The highest BCUT2D eigenvalue weighted by Crippen LogP contribution is 2.29. The third-order valence-electron chi connectivity index (χ3n) is 4.93. The smallest absolute Gasteiger partial charge is 0.128 e. The zero-order chi connectivity index (χ0) is 14.8. The molecular weight excluding hydrogens is 282 g/mol. The summed E-state index contributed by atoms with van der Waals surface area (Å²) >= 11 is 6.29. The lowest BCUT2D eigenvalue weighted by Crippen LogP contribution is -2.35. The van der Waals surface area contributed by atoms with Crippen LogP contribution in [0.1, 0.15) is 51.1 Å². The molecule has 0 spiro atoms. The molecule has 1 aromatic rings. The Balaban J connectivity index is 1.67. The highest BCUT2D eigenvalue weighted by Gasteiger charge is 2.24. The average molecular weight is 308 g/mol. The number of nitrogens with one attached hydrogen (secondary N) is 1. The van der Waals surface area contributed by atoms with E-state index in [1.807, 2.05) is 6.07 Å². The van der Waals surface area contributed by atoms with Crippen molar-refractivity contribution in [3.8, 4) is 0 Å². The lowest BCUT2D eigenvalue weighted by atomic mass is 9.87.